The molecule has 2 aromatic carbocycles. The number of hydrogen-bond donors (Lipinski definition) is 1. The summed E-state index contributed by atoms with van der Waals surface area (Å²) in [6.45, 7) is 7.24. The molecule has 0 aromatic heterocycles. The maximum Gasteiger partial charge on any atom is 0.320 e. The smallest absolute Gasteiger partial charge is 0.320 e. The van der Waals surface area contributed by atoms with Crippen LogP contribution < -0.4 is 14.8 Å². The lowest BCUT2D eigenvalue weighted by molar-refractivity contribution is 0.168. The van der Waals surface area contributed by atoms with Gasteiger partial charge in [0.15, 0.2) is 6.73 Å². The van der Waals surface area contributed by atoms with Crippen molar-refractivity contribution in [1.82, 2.24) is 10.2 Å². The molecule has 134 valence electrons. The van der Waals surface area contributed by atoms with Gasteiger partial charge in [0.25, 0.3) is 0 Å². The van der Waals surface area contributed by atoms with Crippen LogP contribution in [0.4, 0.5) is 4.79 Å². The van der Waals surface area contributed by atoms with Crippen molar-refractivity contribution >= 4 is 6.03 Å². The zero-order valence-corrected chi connectivity index (χ0v) is 15.1. The van der Waals surface area contributed by atoms with Crippen LogP contribution in [-0.2, 0) is 6.54 Å². The van der Waals surface area contributed by atoms with Crippen LogP contribution in [0.1, 0.15) is 26.3 Å². The molecule has 0 radical (unpaired) electrons. The Morgan fingerprint density at radius 3 is 2.16 bits per heavy atom. The minimum absolute atomic E-state index is 0.0886. The van der Waals surface area contributed by atoms with Gasteiger partial charge in [0.05, 0.1) is 6.61 Å². The Morgan fingerprint density at radius 2 is 1.60 bits per heavy atom. The standard InChI is InChI=1S/C20H26N2O3/c1-4-24-18-10-12-19(13-11-18)25-15-21-20(23)22(16(2)3)14-17-8-6-5-7-9-17/h5-13,16H,4,14-15H2,1-3H3,(H,21,23). The van der Waals surface area contributed by atoms with E-state index in [-0.39, 0.29) is 18.8 Å². The van der Waals surface area contributed by atoms with E-state index in [1.807, 2.05) is 75.4 Å². The molecule has 2 rings (SSSR count). The number of hydrogen-bond acceptors (Lipinski definition) is 3. The van der Waals surface area contributed by atoms with E-state index in [0.717, 1.165) is 11.3 Å². The quantitative estimate of drug-likeness (QED) is 0.737. The second kappa shape index (κ2) is 9.57. The van der Waals surface area contributed by atoms with Crippen LogP contribution in [0.2, 0.25) is 0 Å². The summed E-state index contributed by atoms with van der Waals surface area (Å²) in [6.07, 6.45) is 0. The molecule has 0 saturated heterocycles. The average Bonchev–Trinajstić information content (AvgIpc) is 2.62. The lowest BCUT2D eigenvalue weighted by Crippen LogP contribution is -2.44. The third kappa shape index (κ3) is 6.03. The van der Waals surface area contributed by atoms with E-state index >= 15 is 0 Å². The maximum absolute atomic E-state index is 12.4. The predicted octanol–water partition coefficient (Wildman–Crippen LogP) is 4.04. The van der Waals surface area contributed by atoms with E-state index in [9.17, 15) is 4.79 Å². The van der Waals surface area contributed by atoms with Crippen LogP contribution in [0.5, 0.6) is 11.5 Å². The molecule has 2 amide bonds. The molecule has 0 fully saturated rings. The Balaban J connectivity index is 1.84. The first-order chi connectivity index (χ1) is 12.1. The van der Waals surface area contributed by atoms with Crippen molar-refractivity contribution in [3.05, 3.63) is 60.2 Å². The topological polar surface area (TPSA) is 50.8 Å². The molecular weight excluding hydrogens is 316 g/mol. The molecule has 1 N–H and O–H groups in total. The van der Waals surface area contributed by atoms with Crippen LogP contribution in [0.25, 0.3) is 0 Å². The first-order valence-electron chi connectivity index (χ1n) is 8.54. The van der Waals surface area contributed by atoms with E-state index in [1.54, 1.807) is 4.90 Å². The lowest BCUT2D eigenvalue weighted by atomic mass is 10.2. The molecule has 2 aromatic rings. The molecule has 0 unspecified atom stereocenters. The zero-order valence-electron chi connectivity index (χ0n) is 15.1. The molecule has 5 heteroatoms. The number of urea groups is 1. The monoisotopic (exact) mass is 342 g/mol. The van der Waals surface area contributed by atoms with Crippen molar-refractivity contribution in [3.8, 4) is 11.5 Å². The minimum atomic E-state index is -0.148. The molecule has 0 aliphatic rings. The van der Waals surface area contributed by atoms with Crippen molar-refractivity contribution in [2.24, 2.45) is 0 Å². The number of benzene rings is 2. The lowest BCUT2D eigenvalue weighted by Gasteiger charge is -2.27. The van der Waals surface area contributed by atoms with Crippen LogP contribution in [0.15, 0.2) is 54.6 Å². The average molecular weight is 342 g/mol. The molecule has 0 atom stereocenters. The van der Waals surface area contributed by atoms with Gasteiger partial charge in [-0.2, -0.15) is 0 Å². The molecule has 25 heavy (non-hydrogen) atoms. The highest BCUT2D eigenvalue weighted by Gasteiger charge is 2.16. The van der Waals surface area contributed by atoms with Gasteiger partial charge in [0.2, 0.25) is 0 Å². The highest BCUT2D eigenvalue weighted by molar-refractivity contribution is 5.74. The Hall–Kier alpha value is -2.69. The third-order valence-corrected chi connectivity index (χ3v) is 3.68. The van der Waals surface area contributed by atoms with Crippen molar-refractivity contribution in [3.63, 3.8) is 0 Å². The first kappa shape index (κ1) is 18.6. The summed E-state index contributed by atoms with van der Waals surface area (Å²) in [5, 5.41) is 2.81. The summed E-state index contributed by atoms with van der Waals surface area (Å²) in [7, 11) is 0. The molecular formula is C20H26N2O3. The van der Waals surface area contributed by atoms with Gasteiger partial charge in [0, 0.05) is 12.6 Å². The fraction of sp³-hybridized carbons (Fsp3) is 0.350. The molecule has 0 heterocycles. The van der Waals surface area contributed by atoms with E-state index in [2.05, 4.69) is 5.32 Å². The summed E-state index contributed by atoms with van der Waals surface area (Å²) >= 11 is 0. The molecule has 0 aliphatic heterocycles. The maximum atomic E-state index is 12.4. The van der Waals surface area contributed by atoms with E-state index in [4.69, 9.17) is 9.47 Å². The SMILES string of the molecule is CCOc1ccc(OCNC(=O)N(Cc2ccccc2)C(C)C)cc1. The highest BCUT2D eigenvalue weighted by atomic mass is 16.5. The van der Waals surface area contributed by atoms with Crippen molar-refractivity contribution in [2.45, 2.75) is 33.4 Å². The van der Waals surface area contributed by atoms with Crippen molar-refractivity contribution in [2.75, 3.05) is 13.3 Å². The number of rotatable bonds is 8. The van der Waals surface area contributed by atoms with E-state index in [0.29, 0.717) is 18.9 Å². The largest absolute Gasteiger partial charge is 0.494 e. The Morgan fingerprint density at radius 1 is 1.00 bits per heavy atom. The third-order valence-electron chi connectivity index (χ3n) is 3.68. The van der Waals surface area contributed by atoms with Gasteiger partial charge in [-0.3, -0.25) is 0 Å². The summed E-state index contributed by atoms with van der Waals surface area (Å²) in [6, 6.07) is 17.2. The normalized spacial score (nSPS) is 10.4. The Labute approximate surface area is 149 Å². The van der Waals surface area contributed by atoms with Gasteiger partial charge in [-0.1, -0.05) is 30.3 Å². The van der Waals surface area contributed by atoms with Crippen LogP contribution in [0.3, 0.4) is 0 Å². The summed E-state index contributed by atoms with van der Waals surface area (Å²) in [5.74, 6) is 1.48. The number of ether oxygens (including phenoxy) is 2. The van der Waals surface area contributed by atoms with Crippen molar-refractivity contribution < 1.29 is 14.3 Å². The number of amides is 2. The summed E-state index contributed by atoms with van der Waals surface area (Å²) in [4.78, 5) is 14.2. The molecule has 5 nitrogen and oxygen atoms in total. The molecule has 0 bridgehead atoms. The summed E-state index contributed by atoms with van der Waals surface area (Å²) in [5.41, 5.74) is 1.10. The molecule has 0 saturated carbocycles. The van der Waals surface area contributed by atoms with Gasteiger partial charge in [-0.05, 0) is 50.6 Å². The second-order valence-electron chi connectivity index (χ2n) is 5.88. The Kier molecular flexibility index (Phi) is 7.14. The predicted molar refractivity (Wildman–Crippen MR) is 98.8 cm³/mol. The number of nitrogens with zero attached hydrogens (tertiary/aromatic N) is 1. The zero-order chi connectivity index (χ0) is 18.1. The fourth-order valence-electron chi connectivity index (χ4n) is 2.35. The van der Waals surface area contributed by atoms with Gasteiger partial charge >= 0.3 is 6.03 Å². The number of carbonyl (C=O) groups excluding carboxylic acids is 1. The molecule has 0 aliphatic carbocycles. The van der Waals surface area contributed by atoms with Crippen molar-refractivity contribution in [1.29, 1.82) is 0 Å². The van der Waals surface area contributed by atoms with E-state index < -0.39 is 0 Å². The Bertz CT molecular complexity index is 642. The van der Waals surface area contributed by atoms with Crippen LogP contribution in [-0.4, -0.2) is 30.3 Å². The van der Waals surface area contributed by atoms with Gasteiger partial charge in [0.1, 0.15) is 11.5 Å². The minimum Gasteiger partial charge on any atom is -0.494 e. The van der Waals surface area contributed by atoms with Gasteiger partial charge in [-0.25, -0.2) is 4.79 Å². The summed E-state index contributed by atoms with van der Waals surface area (Å²) < 4.78 is 11.0. The van der Waals surface area contributed by atoms with Crippen LogP contribution in [0, 0.1) is 0 Å². The number of carbonyl (C=O) groups is 1. The van der Waals surface area contributed by atoms with E-state index in [1.165, 1.54) is 0 Å². The highest BCUT2D eigenvalue weighted by Crippen LogP contribution is 2.17. The molecule has 0 spiro atoms. The van der Waals surface area contributed by atoms with Crippen LogP contribution >= 0.6 is 0 Å². The van der Waals surface area contributed by atoms with Gasteiger partial charge in [-0.15, -0.1) is 0 Å². The second-order valence-corrected chi connectivity index (χ2v) is 5.88. The fourth-order valence-corrected chi connectivity index (χ4v) is 2.35. The van der Waals surface area contributed by atoms with Gasteiger partial charge < -0.3 is 19.7 Å². The number of nitrogens with one attached hydrogen (secondary N) is 1. The first-order valence-corrected chi connectivity index (χ1v) is 8.54.